The van der Waals surface area contributed by atoms with Crippen LogP contribution >= 0.6 is 27.5 Å². The average Bonchev–Trinajstić information content (AvgIpc) is 2.43. The molecule has 0 spiro atoms. The fraction of sp³-hybridized carbons (Fsp3) is 0.200. The number of ether oxygens (including phenoxy) is 1. The van der Waals surface area contributed by atoms with Crippen molar-refractivity contribution in [3.05, 3.63) is 57.3 Å². The summed E-state index contributed by atoms with van der Waals surface area (Å²) in [6, 6.07) is 10.6. The molecular formula is C15H14BrClFNO. The van der Waals surface area contributed by atoms with Crippen LogP contribution in [0.3, 0.4) is 0 Å². The van der Waals surface area contributed by atoms with Crippen molar-refractivity contribution in [3.63, 3.8) is 0 Å². The molecule has 1 unspecified atom stereocenters. The summed E-state index contributed by atoms with van der Waals surface area (Å²) in [5.41, 5.74) is 1.40. The highest BCUT2D eigenvalue weighted by molar-refractivity contribution is 9.10. The Morgan fingerprint density at radius 1 is 1.30 bits per heavy atom. The average molecular weight is 359 g/mol. The summed E-state index contributed by atoms with van der Waals surface area (Å²) in [7, 11) is 1.61. The number of benzene rings is 2. The van der Waals surface area contributed by atoms with Crippen molar-refractivity contribution in [1.29, 1.82) is 0 Å². The van der Waals surface area contributed by atoms with Crippen LogP contribution in [0.5, 0.6) is 5.75 Å². The van der Waals surface area contributed by atoms with Crippen LogP contribution in [0, 0.1) is 5.82 Å². The molecule has 0 amide bonds. The lowest BCUT2D eigenvalue weighted by Gasteiger charge is -2.17. The molecule has 0 aliphatic carbocycles. The van der Waals surface area contributed by atoms with Crippen molar-refractivity contribution in [1.82, 2.24) is 0 Å². The number of nitrogens with one attached hydrogen (secondary N) is 1. The SMILES string of the molecule is COc1ccc(C(C)Nc2cccc(Cl)c2F)cc1Br. The van der Waals surface area contributed by atoms with E-state index in [9.17, 15) is 4.39 Å². The Morgan fingerprint density at radius 2 is 2.05 bits per heavy atom. The minimum absolute atomic E-state index is 0.0647. The molecule has 0 bridgehead atoms. The maximum Gasteiger partial charge on any atom is 0.164 e. The first-order valence-corrected chi connectivity index (χ1v) is 7.24. The quantitative estimate of drug-likeness (QED) is 0.787. The molecule has 0 aliphatic heterocycles. The molecule has 20 heavy (non-hydrogen) atoms. The van der Waals surface area contributed by atoms with Gasteiger partial charge in [0.2, 0.25) is 0 Å². The number of anilines is 1. The van der Waals surface area contributed by atoms with Crippen molar-refractivity contribution >= 4 is 33.2 Å². The van der Waals surface area contributed by atoms with Gasteiger partial charge >= 0.3 is 0 Å². The first-order valence-electron chi connectivity index (χ1n) is 6.07. The summed E-state index contributed by atoms with van der Waals surface area (Å²) >= 11 is 9.21. The molecule has 0 saturated heterocycles. The van der Waals surface area contributed by atoms with Crippen LogP contribution in [-0.4, -0.2) is 7.11 Å². The third-order valence-electron chi connectivity index (χ3n) is 3.00. The van der Waals surface area contributed by atoms with Gasteiger partial charge in [0.05, 0.1) is 22.3 Å². The zero-order chi connectivity index (χ0) is 14.7. The predicted molar refractivity (Wildman–Crippen MR) is 84.1 cm³/mol. The third kappa shape index (κ3) is 3.25. The van der Waals surface area contributed by atoms with Crippen LogP contribution < -0.4 is 10.1 Å². The van der Waals surface area contributed by atoms with E-state index < -0.39 is 5.82 Å². The van der Waals surface area contributed by atoms with Gasteiger partial charge in [-0.15, -0.1) is 0 Å². The van der Waals surface area contributed by atoms with Crippen molar-refractivity contribution in [2.24, 2.45) is 0 Å². The summed E-state index contributed by atoms with van der Waals surface area (Å²) in [6.07, 6.45) is 0. The molecule has 0 radical (unpaired) electrons. The minimum Gasteiger partial charge on any atom is -0.496 e. The first-order chi connectivity index (χ1) is 9.52. The molecule has 1 atom stereocenters. The normalized spacial score (nSPS) is 12.1. The Morgan fingerprint density at radius 3 is 2.70 bits per heavy atom. The van der Waals surface area contributed by atoms with E-state index in [-0.39, 0.29) is 11.1 Å². The molecular weight excluding hydrogens is 345 g/mol. The van der Waals surface area contributed by atoms with E-state index >= 15 is 0 Å². The highest BCUT2D eigenvalue weighted by atomic mass is 79.9. The second-order valence-electron chi connectivity index (χ2n) is 4.36. The zero-order valence-electron chi connectivity index (χ0n) is 11.1. The lowest BCUT2D eigenvalue weighted by molar-refractivity contribution is 0.412. The van der Waals surface area contributed by atoms with E-state index in [1.807, 2.05) is 25.1 Å². The Labute approximate surface area is 131 Å². The van der Waals surface area contributed by atoms with Crippen LogP contribution in [0.15, 0.2) is 40.9 Å². The van der Waals surface area contributed by atoms with Crippen molar-refractivity contribution in [2.75, 3.05) is 12.4 Å². The van der Waals surface area contributed by atoms with Gasteiger partial charge in [-0.05, 0) is 52.7 Å². The summed E-state index contributed by atoms with van der Waals surface area (Å²) in [5.74, 6) is 0.323. The lowest BCUT2D eigenvalue weighted by atomic mass is 10.1. The largest absolute Gasteiger partial charge is 0.496 e. The highest BCUT2D eigenvalue weighted by Crippen LogP contribution is 2.30. The van der Waals surface area contributed by atoms with Crippen molar-refractivity contribution in [2.45, 2.75) is 13.0 Å². The Kier molecular flexibility index (Phi) is 4.89. The van der Waals surface area contributed by atoms with Gasteiger partial charge in [0.25, 0.3) is 0 Å². The summed E-state index contributed by atoms with van der Waals surface area (Å²) in [5, 5.41) is 3.22. The van der Waals surface area contributed by atoms with Crippen LogP contribution in [0.1, 0.15) is 18.5 Å². The minimum atomic E-state index is -0.436. The van der Waals surface area contributed by atoms with Gasteiger partial charge in [0.15, 0.2) is 5.82 Å². The Bertz CT molecular complexity index is 621. The standard InChI is InChI=1S/C15H14BrClFNO/c1-9(10-6-7-14(20-2)11(16)8-10)19-13-5-3-4-12(17)15(13)18/h3-9,19H,1-2H3. The molecule has 2 rings (SSSR count). The monoisotopic (exact) mass is 357 g/mol. The molecule has 2 aromatic rings. The Hall–Kier alpha value is -1.26. The van der Waals surface area contributed by atoms with Gasteiger partial charge in [0.1, 0.15) is 5.75 Å². The molecule has 2 aromatic carbocycles. The maximum absolute atomic E-state index is 13.9. The molecule has 0 heterocycles. The van der Waals surface area contributed by atoms with Gasteiger partial charge in [-0.3, -0.25) is 0 Å². The third-order valence-corrected chi connectivity index (χ3v) is 3.91. The van der Waals surface area contributed by atoms with Crippen LogP contribution in [0.25, 0.3) is 0 Å². The molecule has 0 aromatic heterocycles. The van der Waals surface area contributed by atoms with Gasteiger partial charge in [-0.2, -0.15) is 0 Å². The lowest BCUT2D eigenvalue weighted by Crippen LogP contribution is -2.08. The first kappa shape index (κ1) is 15.1. The number of hydrogen-bond donors (Lipinski definition) is 1. The molecule has 1 N–H and O–H groups in total. The Balaban J connectivity index is 2.21. The summed E-state index contributed by atoms with van der Waals surface area (Å²) < 4.78 is 19.9. The number of halogens is 3. The van der Waals surface area contributed by atoms with E-state index in [1.165, 1.54) is 6.07 Å². The van der Waals surface area contributed by atoms with Gasteiger partial charge in [0, 0.05) is 6.04 Å². The van der Waals surface area contributed by atoms with E-state index in [0.717, 1.165) is 15.8 Å². The highest BCUT2D eigenvalue weighted by Gasteiger charge is 2.12. The summed E-state index contributed by atoms with van der Waals surface area (Å²) in [6.45, 7) is 1.95. The van der Waals surface area contributed by atoms with Gasteiger partial charge in [-0.25, -0.2) is 4.39 Å². The maximum atomic E-state index is 13.9. The molecule has 0 saturated carbocycles. The molecule has 106 valence electrons. The molecule has 5 heteroatoms. The van der Waals surface area contributed by atoms with Gasteiger partial charge in [-0.1, -0.05) is 23.7 Å². The van der Waals surface area contributed by atoms with Crippen LogP contribution in [0.2, 0.25) is 5.02 Å². The number of hydrogen-bond acceptors (Lipinski definition) is 2. The predicted octanol–water partition coefficient (Wildman–Crippen LogP) is 5.42. The fourth-order valence-corrected chi connectivity index (χ4v) is 2.62. The topological polar surface area (TPSA) is 21.3 Å². The van der Waals surface area contributed by atoms with Gasteiger partial charge < -0.3 is 10.1 Å². The van der Waals surface area contributed by atoms with E-state index in [2.05, 4.69) is 21.2 Å². The fourth-order valence-electron chi connectivity index (χ4n) is 1.88. The van der Waals surface area contributed by atoms with Crippen LogP contribution in [-0.2, 0) is 0 Å². The zero-order valence-corrected chi connectivity index (χ0v) is 13.4. The molecule has 2 nitrogen and oxygen atoms in total. The molecule has 0 aliphatic rings. The van der Waals surface area contributed by atoms with E-state index in [1.54, 1.807) is 19.2 Å². The second-order valence-corrected chi connectivity index (χ2v) is 5.62. The number of rotatable bonds is 4. The van der Waals surface area contributed by atoms with E-state index in [0.29, 0.717) is 5.69 Å². The second kappa shape index (κ2) is 6.46. The van der Waals surface area contributed by atoms with Crippen LogP contribution in [0.4, 0.5) is 10.1 Å². The van der Waals surface area contributed by atoms with Crippen molar-refractivity contribution in [3.8, 4) is 5.75 Å². The number of methoxy groups -OCH3 is 1. The molecule has 0 fully saturated rings. The van der Waals surface area contributed by atoms with Crippen molar-refractivity contribution < 1.29 is 9.13 Å². The summed E-state index contributed by atoms with van der Waals surface area (Å²) in [4.78, 5) is 0. The smallest absolute Gasteiger partial charge is 0.164 e. The van der Waals surface area contributed by atoms with E-state index in [4.69, 9.17) is 16.3 Å².